The average Bonchev–Trinajstić information content (AvgIpc) is 3.40. The summed E-state index contributed by atoms with van der Waals surface area (Å²) in [6, 6.07) is 26.4. The van der Waals surface area contributed by atoms with E-state index in [0.717, 1.165) is 91.1 Å². The van der Waals surface area contributed by atoms with Crippen LogP contribution in [0.4, 0.5) is 0 Å². The second kappa shape index (κ2) is 15.0. The molecule has 224 valence electrons. The lowest BCUT2D eigenvalue weighted by Gasteiger charge is -2.22. The molecule has 3 aromatic carbocycles. The Morgan fingerprint density at radius 2 is 1.30 bits per heavy atom. The molecule has 0 aliphatic carbocycles. The lowest BCUT2D eigenvalue weighted by molar-refractivity contribution is -0.169. The van der Waals surface area contributed by atoms with Gasteiger partial charge in [0.05, 0.1) is 13.2 Å². The smallest absolute Gasteiger partial charge is 0.158 e. The van der Waals surface area contributed by atoms with E-state index in [9.17, 15) is 0 Å². The van der Waals surface area contributed by atoms with Gasteiger partial charge in [0.15, 0.2) is 12.6 Å². The molecule has 6 heteroatoms. The van der Waals surface area contributed by atoms with Gasteiger partial charge in [0.1, 0.15) is 17.2 Å². The third kappa shape index (κ3) is 8.05. The Morgan fingerprint density at radius 3 is 1.86 bits per heavy atom. The minimum atomic E-state index is -0.122. The van der Waals surface area contributed by atoms with Crippen molar-refractivity contribution in [3.05, 3.63) is 113 Å². The summed E-state index contributed by atoms with van der Waals surface area (Å²) >= 11 is 0. The highest BCUT2D eigenvalue weighted by atomic mass is 16.7. The van der Waals surface area contributed by atoms with Crippen LogP contribution in [0.2, 0.25) is 0 Å². The van der Waals surface area contributed by atoms with Gasteiger partial charge in [-0.2, -0.15) is 0 Å². The molecule has 0 saturated carbocycles. The van der Waals surface area contributed by atoms with Crippen molar-refractivity contribution in [2.75, 3.05) is 13.2 Å². The first-order chi connectivity index (χ1) is 21.7. The zero-order chi connectivity index (χ0) is 30.0. The van der Waals surface area contributed by atoms with E-state index >= 15 is 0 Å². The minimum absolute atomic E-state index is 0.121. The topological polar surface area (TPSA) is 54.7 Å². The zero-order valence-electron chi connectivity index (χ0n) is 25.3. The van der Waals surface area contributed by atoms with Crippen LogP contribution in [0.5, 0.6) is 0 Å². The van der Waals surface area contributed by atoms with E-state index in [1.54, 1.807) is 0 Å². The van der Waals surface area contributed by atoms with Crippen LogP contribution < -0.4 is 0 Å². The summed E-state index contributed by atoms with van der Waals surface area (Å²) in [4.78, 5) is 4.94. The summed E-state index contributed by atoms with van der Waals surface area (Å²) in [5.41, 5.74) is 6.37. The maximum absolute atomic E-state index is 5.99. The molecule has 0 N–H and O–H groups in total. The number of aromatic nitrogens is 2. The fraction of sp³-hybridized carbons (Fsp3) is 0.342. The molecule has 0 radical (unpaired) electrons. The molecule has 0 amide bonds. The van der Waals surface area contributed by atoms with Crippen molar-refractivity contribution in [2.45, 2.75) is 64.3 Å². The van der Waals surface area contributed by atoms with Crippen LogP contribution >= 0.6 is 0 Å². The Bertz CT molecular complexity index is 1660. The highest BCUT2D eigenvalue weighted by Gasteiger charge is 2.16. The van der Waals surface area contributed by atoms with Crippen LogP contribution in [0.1, 0.15) is 72.2 Å². The average molecular weight is 587 g/mol. The van der Waals surface area contributed by atoms with Crippen LogP contribution in [0, 0.1) is 23.7 Å². The van der Waals surface area contributed by atoms with E-state index in [1.807, 2.05) is 54.1 Å². The first-order valence-electron chi connectivity index (χ1n) is 15.5. The summed E-state index contributed by atoms with van der Waals surface area (Å²) in [6.45, 7) is 2.54. The number of hydrogen-bond acceptors (Lipinski definition) is 5. The summed E-state index contributed by atoms with van der Waals surface area (Å²) in [7, 11) is 1.99. The van der Waals surface area contributed by atoms with Crippen LogP contribution in [-0.2, 0) is 39.2 Å². The van der Waals surface area contributed by atoms with Gasteiger partial charge in [0.25, 0.3) is 0 Å². The van der Waals surface area contributed by atoms with E-state index in [4.69, 9.17) is 23.9 Å². The van der Waals surface area contributed by atoms with Gasteiger partial charge in [-0.05, 0) is 85.8 Å². The van der Waals surface area contributed by atoms with Crippen LogP contribution in [0.3, 0.4) is 0 Å². The van der Waals surface area contributed by atoms with Crippen LogP contribution in [0.15, 0.2) is 78.9 Å². The van der Waals surface area contributed by atoms with Crippen molar-refractivity contribution >= 4 is 0 Å². The molecule has 0 spiro atoms. The van der Waals surface area contributed by atoms with E-state index in [0.29, 0.717) is 18.9 Å². The van der Waals surface area contributed by atoms with Gasteiger partial charge in [0, 0.05) is 37.0 Å². The molecule has 6 rings (SSSR count). The van der Waals surface area contributed by atoms with Gasteiger partial charge in [-0.25, -0.2) is 4.98 Å². The summed E-state index contributed by atoms with van der Waals surface area (Å²) < 4.78 is 25.4. The van der Waals surface area contributed by atoms with Gasteiger partial charge in [-0.1, -0.05) is 66.4 Å². The highest BCUT2D eigenvalue weighted by molar-refractivity contribution is 5.61. The third-order valence-corrected chi connectivity index (χ3v) is 7.78. The highest BCUT2D eigenvalue weighted by Crippen LogP contribution is 2.22. The second-order valence-electron chi connectivity index (χ2n) is 11.2. The molecule has 2 atom stereocenters. The first-order valence-corrected chi connectivity index (χ1v) is 15.5. The monoisotopic (exact) mass is 586 g/mol. The summed E-state index contributed by atoms with van der Waals surface area (Å²) in [5.74, 6) is 14.2. The van der Waals surface area contributed by atoms with Crippen molar-refractivity contribution < 1.29 is 18.9 Å². The molecular formula is C38H38N2O4. The number of imidazole rings is 1. The lowest BCUT2D eigenvalue weighted by atomic mass is 10.1. The molecule has 2 aliphatic rings. The van der Waals surface area contributed by atoms with Gasteiger partial charge in [-0.3, -0.25) is 0 Å². The molecule has 44 heavy (non-hydrogen) atoms. The molecule has 2 unspecified atom stereocenters. The van der Waals surface area contributed by atoms with Gasteiger partial charge in [0.2, 0.25) is 0 Å². The standard InChI is InChI=1S/C38H38N2O4/c1-40-35(22-20-30-12-10-14-32(26-30)28-44-37-18-6-8-24-42-37)34(39-38(40)33-15-3-2-4-16-33)21-19-29-11-9-13-31(25-29)27-43-36-17-5-7-23-41-36/h2-4,9-16,25-26,36-37H,5-8,17-18,23-24,27-28H2,1H3. The number of nitrogens with zero attached hydrogens (tertiary/aromatic N) is 2. The first kappa shape index (κ1) is 29.9. The van der Waals surface area contributed by atoms with Crippen molar-refractivity contribution in [3.8, 4) is 35.1 Å². The van der Waals surface area contributed by atoms with Crippen LogP contribution in [0.25, 0.3) is 11.4 Å². The number of benzene rings is 3. The van der Waals surface area contributed by atoms with E-state index in [2.05, 4.69) is 60.1 Å². The van der Waals surface area contributed by atoms with Crippen molar-refractivity contribution in [1.82, 2.24) is 9.55 Å². The molecule has 2 fully saturated rings. The quantitative estimate of drug-likeness (QED) is 0.219. The Labute approximate surface area is 260 Å². The molecule has 2 saturated heterocycles. The fourth-order valence-corrected chi connectivity index (χ4v) is 5.38. The number of rotatable bonds is 7. The SMILES string of the molecule is Cn1c(-c2ccccc2)nc(C#Cc2cccc(COC3CCCCO3)c2)c1C#Cc1cccc(COC2CCCCO2)c1. The van der Waals surface area contributed by atoms with Gasteiger partial charge >= 0.3 is 0 Å². The summed E-state index contributed by atoms with van der Waals surface area (Å²) in [6.07, 6.45) is 6.15. The van der Waals surface area contributed by atoms with E-state index < -0.39 is 0 Å². The molecule has 3 heterocycles. The zero-order valence-corrected chi connectivity index (χ0v) is 25.3. The van der Waals surface area contributed by atoms with Crippen molar-refractivity contribution in [3.63, 3.8) is 0 Å². The molecule has 6 nitrogen and oxygen atoms in total. The fourth-order valence-electron chi connectivity index (χ4n) is 5.38. The lowest BCUT2D eigenvalue weighted by Crippen LogP contribution is -2.21. The van der Waals surface area contributed by atoms with Gasteiger partial charge in [-0.15, -0.1) is 0 Å². The molecule has 4 aromatic rings. The number of hydrogen-bond donors (Lipinski definition) is 0. The molecule has 0 bridgehead atoms. The predicted molar refractivity (Wildman–Crippen MR) is 170 cm³/mol. The number of ether oxygens (including phenoxy) is 4. The predicted octanol–water partition coefficient (Wildman–Crippen LogP) is 6.97. The Balaban J connectivity index is 1.23. The molecule has 1 aromatic heterocycles. The van der Waals surface area contributed by atoms with Crippen molar-refractivity contribution in [1.29, 1.82) is 0 Å². The van der Waals surface area contributed by atoms with Crippen LogP contribution in [-0.4, -0.2) is 35.3 Å². The Hall–Kier alpha value is -4.17. The normalized spacial score (nSPS) is 18.1. The molecular weight excluding hydrogens is 548 g/mol. The molecule has 2 aliphatic heterocycles. The maximum atomic E-state index is 5.99. The Kier molecular flexibility index (Phi) is 10.2. The minimum Gasteiger partial charge on any atom is -0.353 e. The maximum Gasteiger partial charge on any atom is 0.158 e. The van der Waals surface area contributed by atoms with E-state index in [-0.39, 0.29) is 12.6 Å². The van der Waals surface area contributed by atoms with E-state index in [1.165, 1.54) is 0 Å². The largest absolute Gasteiger partial charge is 0.353 e. The third-order valence-electron chi connectivity index (χ3n) is 7.78. The van der Waals surface area contributed by atoms with Gasteiger partial charge < -0.3 is 23.5 Å². The Morgan fingerprint density at radius 1 is 0.705 bits per heavy atom. The summed E-state index contributed by atoms with van der Waals surface area (Å²) in [5, 5.41) is 0. The van der Waals surface area contributed by atoms with Crippen molar-refractivity contribution in [2.24, 2.45) is 7.05 Å². The second-order valence-corrected chi connectivity index (χ2v) is 11.2.